The van der Waals surface area contributed by atoms with Crippen molar-refractivity contribution in [1.82, 2.24) is 10.2 Å². The molecule has 1 aliphatic rings. The van der Waals surface area contributed by atoms with Crippen LogP contribution in [0.3, 0.4) is 0 Å². The molecule has 4 nitrogen and oxygen atoms in total. The van der Waals surface area contributed by atoms with Crippen molar-refractivity contribution in [2.24, 2.45) is 5.73 Å². The van der Waals surface area contributed by atoms with E-state index in [2.05, 4.69) is 36.3 Å². The molecule has 0 saturated carbocycles. The van der Waals surface area contributed by atoms with Crippen LogP contribution in [0.5, 0.6) is 0 Å². The van der Waals surface area contributed by atoms with Crippen LogP contribution in [-0.4, -0.2) is 36.0 Å². The molecule has 3 unspecified atom stereocenters. The van der Waals surface area contributed by atoms with E-state index >= 15 is 0 Å². The zero-order chi connectivity index (χ0) is 15.5. The van der Waals surface area contributed by atoms with Gasteiger partial charge in [0.15, 0.2) is 0 Å². The van der Waals surface area contributed by atoms with E-state index in [1.807, 2.05) is 25.1 Å². The number of amides is 1. The van der Waals surface area contributed by atoms with Gasteiger partial charge in [-0.05, 0) is 32.4 Å². The summed E-state index contributed by atoms with van der Waals surface area (Å²) in [6.07, 6.45) is 2.58. The number of carbonyl (C=O) groups is 1. The summed E-state index contributed by atoms with van der Waals surface area (Å²) in [6, 6.07) is 10.7. The first-order valence-corrected chi connectivity index (χ1v) is 7.80. The van der Waals surface area contributed by atoms with Crippen molar-refractivity contribution in [1.29, 1.82) is 0 Å². The van der Waals surface area contributed by atoms with E-state index in [-0.39, 0.29) is 30.4 Å². The van der Waals surface area contributed by atoms with Gasteiger partial charge in [-0.15, -0.1) is 12.4 Å². The number of rotatable bonds is 5. The van der Waals surface area contributed by atoms with Gasteiger partial charge in [0.25, 0.3) is 0 Å². The maximum atomic E-state index is 12.4. The highest BCUT2D eigenvalue weighted by Crippen LogP contribution is 2.31. The van der Waals surface area contributed by atoms with Crippen LogP contribution in [0.15, 0.2) is 30.3 Å². The van der Waals surface area contributed by atoms with Gasteiger partial charge >= 0.3 is 0 Å². The fourth-order valence-electron chi connectivity index (χ4n) is 3.20. The Kier molecular flexibility index (Phi) is 6.85. The molecule has 1 saturated heterocycles. The Hall–Kier alpha value is -1.10. The SMILES string of the molecule is CCCC(C)(N)C(=O)NC1CCN(C)C1c1ccccc1.Cl. The highest BCUT2D eigenvalue weighted by atomic mass is 35.5. The van der Waals surface area contributed by atoms with Gasteiger partial charge in [0.2, 0.25) is 5.91 Å². The lowest BCUT2D eigenvalue weighted by Crippen LogP contribution is -2.54. The van der Waals surface area contributed by atoms with Crippen molar-refractivity contribution in [3.63, 3.8) is 0 Å². The molecule has 1 fully saturated rings. The van der Waals surface area contributed by atoms with Gasteiger partial charge in [-0.1, -0.05) is 43.7 Å². The third-order valence-corrected chi connectivity index (χ3v) is 4.39. The predicted molar refractivity (Wildman–Crippen MR) is 93.1 cm³/mol. The fraction of sp³-hybridized carbons (Fsp3) is 0.588. The molecule has 0 aliphatic carbocycles. The zero-order valence-electron chi connectivity index (χ0n) is 13.7. The molecule has 0 spiro atoms. The summed E-state index contributed by atoms with van der Waals surface area (Å²) in [5.41, 5.74) is 6.61. The Labute approximate surface area is 139 Å². The summed E-state index contributed by atoms with van der Waals surface area (Å²) in [7, 11) is 2.11. The fourth-order valence-corrected chi connectivity index (χ4v) is 3.20. The molecule has 3 N–H and O–H groups in total. The molecule has 0 bridgehead atoms. The zero-order valence-corrected chi connectivity index (χ0v) is 14.5. The van der Waals surface area contributed by atoms with Gasteiger partial charge in [-0.25, -0.2) is 0 Å². The number of nitrogens with zero attached hydrogens (tertiary/aromatic N) is 1. The van der Waals surface area contributed by atoms with Crippen LogP contribution in [0, 0.1) is 0 Å². The second-order valence-electron chi connectivity index (χ2n) is 6.37. The van der Waals surface area contributed by atoms with Crippen LogP contribution < -0.4 is 11.1 Å². The van der Waals surface area contributed by atoms with Crippen LogP contribution in [0.1, 0.15) is 44.7 Å². The topological polar surface area (TPSA) is 58.4 Å². The number of nitrogens with two attached hydrogens (primary N) is 1. The molecule has 22 heavy (non-hydrogen) atoms. The first-order chi connectivity index (χ1) is 9.95. The van der Waals surface area contributed by atoms with E-state index in [0.29, 0.717) is 6.42 Å². The van der Waals surface area contributed by atoms with E-state index in [9.17, 15) is 4.79 Å². The highest BCUT2D eigenvalue weighted by molar-refractivity contribution is 5.86. The van der Waals surface area contributed by atoms with E-state index in [1.165, 1.54) is 5.56 Å². The number of likely N-dealkylation sites (N-methyl/N-ethyl adjacent to an activating group) is 1. The number of halogens is 1. The molecule has 1 aromatic rings. The standard InChI is InChI=1S/C17H27N3O.ClH/c1-4-11-17(2,18)16(21)19-14-10-12-20(3)15(14)13-8-6-5-7-9-13;/h5-9,14-15H,4,10-12,18H2,1-3H3,(H,19,21);1H. The van der Waals surface area contributed by atoms with Crippen LogP contribution >= 0.6 is 12.4 Å². The minimum absolute atomic E-state index is 0. The first-order valence-electron chi connectivity index (χ1n) is 7.80. The monoisotopic (exact) mass is 325 g/mol. The number of nitrogens with one attached hydrogen (secondary N) is 1. The second kappa shape index (κ2) is 7.95. The Morgan fingerprint density at radius 3 is 2.64 bits per heavy atom. The molecule has 1 amide bonds. The predicted octanol–water partition coefficient (Wildman–Crippen LogP) is 2.49. The molecule has 5 heteroatoms. The van der Waals surface area contributed by atoms with E-state index in [0.717, 1.165) is 19.4 Å². The Morgan fingerprint density at radius 1 is 1.41 bits per heavy atom. The summed E-state index contributed by atoms with van der Waals surface area (Å²) >= 11 is 0. The van der Waals surface area contributed by atoms with Crippen molar-refractivity contribution in [3.8, 4) is 0 Å². The van der Waals surface area contributed by atoms with Crippen molar-refractivity contribution >= 4 is 18.3 Å². The van der Waals surface area contributed by atoms with Gasteiger partial charge in [0.05, 0.1) is 11.6 Å². The second-order valence-corrected chi connectivity index (χ2v) is 6.37. The minimum Gasteiger partial charge on any atom is -0.350 e. The smallest absolute Gasteiger partial charge is 0.240 e. The molecular formula is C17H28ClN3O. The van der Waals surface area contributed by atoms with Gasteiger partial charge in [-0.2, -0.15) is 0 Å². The summed E-state index contributed by atoms with van der Waals surface area (Å²) in [6.45, 7) is 4.86. The molecule has 3 atom stereocenters. The lowest BCUT2D eigenvalue weighted by atomic mass is 9.94. The summed E-state index contributed by atoms with van der Waals surface area (Å²) in [5, 5.41) is 3.18. The Balaban J connectivity index is 0.00000242. The number of hydrogen-bond donors (Lipinski definition) is 2. The third-order valence-electron chi connectivity index (χ3n) is 4.39. The van der Waals surface area contributed by atoms with Gasteiger partial charge in [-0.3, -0.25) is 9.69 Å². The molecular weight excluding hydrogens is 298 g/mol. The molecule has 1 heterocycles. The lowest BCUT2D eigenvalue weighted by molar-refractivity contribution is -0.127. The summed E-state index contributed by atoms with van der Waals surface area (Å²) in [5.74, 6) is -0.0365. The third kappa shape index (κ3) is 4.22. The number of benzene rings is 1. The lowest BCUT2D eigenvalue weighted by Gasteiger charge is -2.30. The Bertz CT molecular complexity index is 478. The molecule has 124 valence electrons. The average molecular weight is 326 g/mol. The van der Waals surface area contributed by atoms with Crippen molar-refractivity contribution in [2.45, 2.75) is 50.7 Å². The molecule has 0 radical (unpaired) electrons. The molecule has 1 aromatic carbocycles. The molecule has 1 aliphatic heterocycles. The molecule has 2 rings (SSSR count). The molecule has 0 aromatic heterocycles. The van der Waals surface area contributed by atoms with Gasteiger partial charge < -0.3 is 11.1 Å². The average Bonchev–Trinajstić information content (AvgIpc) is 2.80. The van der Waals surface area contributed by atoms with E-state index < -0.39 is 5.54 Å². The van der Waals surface area contributed by atoms with Gasteiger partial charge in [0.1, 0.15) is 0 Å². The number of carbonyl (C=O) groups excluding carboxylic acids is 1. The van der Waals surface area contributed by atoms with E-state index in [1.54, 1.807) is 0 Å². The van der Waals surface area contributed by atoms with Crippen molar-refractivity contribution < 1.29 is 4.79 Å². The van der Waals surface area contributed by atoms with Crippen molar-refractivity contribution in [3.05, 3.63) is 35.9 Å². The maximum absolute atomic E-state index is 12.4. The highest BCUT2D eigenvalue weighted by Gasteiger charge is 2.37. The van der Waals surface area contributed by atoms with Crippen LogP contribution in [0.25, 0.3) is 0 Å². The van der Waals surface area contributed by atoms with E-state index in [4.69, 9.17) is 5.73 Å². The van der Waals surface area contributed by atoms with Crippen LogP contribution in [-0.2, 0) is 4.79 Å². The maximum Gasteiger partial charge on any atom is 0.240 e. The minimum atomic E-state index is -0.781. The van der Waals surface area contributed by atoms with Crippen molar-refractivity contribution in [2.75, 3.05) is 13.6 Å². The van der Waals surface area contributed by atoms with Gasteiger partial charge in [0, 0.05) is 12.6 Å². The quantitative estimate of drug-likeness (QED) is 0.874. The van der Waals surface area contributed by atoms with Crippen LogP contribution in [0.2, 0.25) is 0 Å². The number of hydrogen-bond acceptors (Lipinski definition) is 3. The number of likely N-dealkylation sites (tertiary alicyclic amines) is 1. The summed E-state index contributed by atoms with van der Waals surface area (Å²) < 4.78 is 0. The normalized spacial score (nSPS) is 24.4. The largest absolute Gasteiger partial charge is 0.350 e. The van der Waals surface area contributed by atoms with Crippen LogP contribution in [0.4, 0.5) is 0 Å². The Morgan fingerprint density at radius 2 is 2.05 bits per heavy atom. The first kappa shape index (κ1) is 18.9. The summed E-state index contributed by atoms with van der Waals surface area (Å²) in [4.78, 5) is 14.7.